The fraction of sp³-hybridized carbons (Fsp3) is 0.150. The van der Waals surface area contributed by atoms with Crippen LogP contribution in [0.15, 0.2) is 59.5 Å². The van der Waals surface area contributed by atoms with Gasteiger partial charge in [0.05, 0.1) is 13.5 Å². The quantitative estimate of drug-likeness (QED) is 0.539. The van der Waals surface area contributed by atoms with Gasteiger partial charge in [-0.25, -0.2) is 0 Å². The van der Waals surface area contributed by atoms with Crippen LogP contribution >= 0.6 is 0 Å². The van der Waals surface area contributed by atoms with Crippen molar-refractivity contribution < 1.29 is 14.1 Å². The Balaban J connectivity index is 1.55. The molecule has 146 valence electrons. The van der Waals surface area contributed by atoms with E-state index in [1.165, 1.54) is 11.8 Å². The lowest BCUT2D eigenvalue weighted by Crippen LogP contribution is -2.13. The molecule has 0 aliphatic carbocycles. The highest BCUT2D eigenvalue weighted by Crippen LogP contribution is 2.23. The highest BCUT2D eigenvalue weighted by atomic mass is 16.5. The van der Waals surface area contributed by atoms with Crippen LogP contribution in [0.2, 0.25) is 0 Å². The van der Waals surface area contributed by atoms with Crippen LogP contribution in [0.1, 0.15) is 21.8 Å². The van der Waals surface area contributed by atoms with E-state index in [9.17, 15) is 4.79 Å². The third-order valence-electron chi connectivity index (χ3n) is 4.23. The maximum absolute atomic E-state index is 12.7. The molecule has 3 heterocycles. The number of pyridine rings is 1. The number of nitrogens with one attached hydrogen (secondary N) is 1. The Kier molecular flexibility index (Phi) is 5.02. The first-order valence-corrected chi connectivity index (χ1v) is 8.84. The number of para-hydroxylation sites is 1. The van der Waals surface area contributed by atoms with Crippen molar-refractivity contribution in [1.82, 2.24) is 24.9 Å². The number of carbonyl (C=O) groups is 1. The smallest absolute Gasteiger partial charge is 0.262 e. The van der Waals surface area contributed by atoms with Gasteiger partial charge >= 0.3 is 0 Å². The average Bonchev–Trinajstić information content (AvgIpc) is 3.36. The standard InChI is InChI=1S/C20H18N6O3/c1-26-12-15(20(24-26)28-2)19(27)22-16-8-4-3-6-13(16)10-17-23-18(25-29-17)14-7-5-9-21-11-14/h3-9,11-12H,10H2,1-2H3,(H,22,27). The minimum atomic E-state index is -0.316. The predicted octanol–water partition coefficient (Wildman–Crippen LogP) is 2.72. The third kappa shape index (κ3) is 3.98. The normalized spacial score (nSPS) is 10.7. The molecule has 0 fully saturated rings. The highest BCUT2D eigenvalue weighted by molar-refractivity contribution is 6.06. The lowest BCUT2D eigenvalue weighted by atomic mass is 10.1. The minimum absolute atomic E-state index is 0.264. The molecule has 1 amide bonds. The summed E-state index contributed by atoms with van der Waals surface area (Å²) in [5.74, 6) is 0.851. The molecule has 29 heavy (non-hydrogen) atoms. The summed E-state index contributed by atoms with van der Waals surface area (Å²) >= 11 is 0. The van der Waals surface area contributed by atoms with Gasteiger partial charge in [-0.15, -0.1) is 5.10 Å². The Morgan fingerprint density at radius 3 is 2.90 bits per heavy atom. The van der Waals surface area contributed by atoms with Gasteiger partial charge in [0.2, 0.25) is 17.6 Å². The van der Waals surface area contributed by atoms with Crippen molar-refractivity contribution >= 4 is 11.6 Å². The Morgan fingerprint density at radius 1 is 1.24 bits per heavy atom. The fourth-order valence-corrected chi connectivity index (χ4v) is 2.86. The van der Waals surface area contributed by atoms with Crippen molar-refractivity contribution in [2.45, 2.75) is 6.42 Å². The Labute approximate surface area is 166 Å². The number of nitrogens with zero attached hydrogens (tertiary/aromatic N) is 5. The minimum Gasteiger partial charge on any atom is -0.479 e. The first-order chi connectivity index (χ1) is 14.1. The number of amides is 1. The summed E-state index contributed by atoms with van der Waals surface area (Å²) in [7, 11) is 3.20. The number of hydrogen-bond donors (Lipinski definition) is 1. The maximum atomic E-state index is 12.7. The number of carbonyl (C=O) groups excluding carboxylic acids is 1. The summed E-state index contributed by atoms with van der Waals surface area (Å²) in [4.78, 5) is 21.2. The molecular formula is C20H18N6O3. The van der Waals surface area contributed by atoms with Gasteiger partial charge in [0.1, 0.15) is 5.56 Å². The van der Waals surface area contributed by atoms with Gasteiger partial charge in [-0.2, -0.15) is 4.98 Å². The monoisotopic (exact) mass is 390 g/mol. The summed E-state index contributed by atoms with van der Waals surface area (Å²) in [6, 6.07) is 11.1. The Hall–Kier alpha value is -4.01. The summed E-state index contributed by atoms with van der Waals surface area (Å²) < 4.78 is 12.1. The maximum Gasteiger partial charge on any atom is 0.262 e. The van der Waals surface area contributed by atoms with Gasteiger partial charge in [-0.05, 0) is 23.8 Å². The predicted molar refractivity (Wildman–Crippen MR) is 104 cm³/mol. The van der Waals surface area contributed by atoms with Gasteiger partial charge in [0.15, 0.2) is 0 Å². The summed E-state index contributed by atoms with van der Waals surface area (Å²) in [5.41, 5.74) is 2.60. The molecule has 0 unspecified atom stereocenters. The molecule has 0 aliphatic heterocycles. The van der Waals surface area contributed by atoms with E-state index < -0.39 is 0 Å². The van der Waals surface area contributed by atoms with Gasteiger partial charge in [-0.1, -0.05) is 23.4 Å². The molecular weight excluding hydrogens is 372 g/mol. The lowest BCUT2D eigenvalue weighted by molar-refractivity contribution is 0.102. The number of benzene rings is 1. The summed E-state index contributed by atoms with van der Waals surface area (Å²) in [5, 5.41) is 11.0. The molecule has 1 N–H and O–H groups in total. The zero-order chi connectivity index (χ0) is 20.2. The number of methoxy groups -OCH3 is 1. The molecule has 0 saturated heterocycles. The van der Waals surface area contributed by atoms with Gasteiger partial charge in [0, 0.05) is 36.9 Å². The molecule has 4 rings (SSSR count). The first kappa shape index (κ1) is 18.4. The first-order valence-electron chi connectivity index (χ1n) is 8.84. The highest BCUT2D eigenvalue weighted by Gasteiger charge is 2.18. The van der Waals surface area contributed by atoms with E-state index in [0.717, 1.165) is 11.1 Å². The van der Waals surface area contributed by atoms with E-state index in [1.54, 1.807) is 25.6 Å². The molecule has 0 radical (unpaired) electrons. The van der Waals surface area contributed by atoms with Crippen LogP contribution in [0.5, 0.6) is 5.88 Å². The number of aryl methyl sites for hydroxylation is 1. The number of rotatable bonds is 6. The molecule has 1 aromatic carbocycles. The van der Waals surface area contributed by atoms with E-state index >= 15 is 0 Å². The molecule has 0 spiro atoms. The van der Waals surface area contributed by atoms with E-state index in [4.69, 9.17) is 9.26 Å². The van der Waals surface area contributed by atoms with Crippen LogP contribution < -0.4 is 10.1 Å². The Bertz CT molecular complexity index is 1140. The molecule has 0 aliphatic rings. The number of ether oxygens (including phenoxy) is 1. The van der Waals surface area contributed by atoms with Crippen molar-refractivity contribution in [1.29, 1.82) is 0 Å². The van der Waals surface area contributed by atoms with Crippen LogP contribution in [0.25, 0.3) is 11.4 Å². The average molecular weight is 390 g/mol. The van der Waals surface area contributed by atoms with Crippen LogP contribution in [0, 0.1) is 0 Å². The number of hydrogen-bond acceptors (Lipinski definition) is 7. The van der Waals surface area contributed by atoms with Crippen molar-refractivity contribution in [3.8, 4) is 17.3 Å². The van der Waals surface area contributed by atoms with E-state index in [0.29, 0.717) is 29.4 Å². The van der Waals surface area contributed by atoms with Crippen LogP contribution in [-0.2, 0) is 13.5 Å². The molecule has 0 bridgehead atoms. The largest absolute Gasteiger partial charge is 0.479 e. The molecule has 9 nitrogen and oxygen atoms in total. The van der Waals surface area contributed by atoms with Crippen LogP contribution in [0.4, 0.5) is 5.69 Å². The van der Waals surface area contributed by atoms with Gasteiger partial charge < -0.3 is 14.6 Å². The zero-order valence-corrected chi connectivity index (χ0v) is 15.9. The van der Waals surface area contributed by atoms with Crippen molar-refractivity contribution in [3.05, 3.63) is 72.0 Å². The molecule has 3 aromatic heterocycles. The van der Waals surface area contributed by atoms with Crippen molar-refractivity contribution in [2.75, 3.05) is 12.4 Å². The second-order valence-corrected chi connectivity index (χ2v) is 6.27. The second kappa shape index (κ2) is 7.93. The van der Waals surface area contributed by atoms with Crippen molar-refractivity contribution in [3.63, 3.8) is 0 Å². The number of anilines is 1. The molecule has 0 atom stereocenters. The van der Waals surface area contributed by atoms with Crippen LogP contribution in [-0.4, -0.2) is 37.9 Å². The summed E-state index contributed by atoms with van der Waals surface area (Å²) in [6.45, 7) is 0. The number of aromatic nitrogens is 5. The summed E-state index contributed by atoms with van der Waals surface area (Å²) in [6.07, 6.45) is 5.33. The van der Waals surface area contributed by atoms with Crippen LogP contribution in [0.3, 0.4) is 0 Å². The van der Waals surface area contributed by atoms with E-state index in [-0.39, 0.29) is 11.8 Å². The van der Waals surface area contributed by atoms with Crippen molar-refractivity contribution in [2.24, 2.45) is 7.05 Å². The molecule has 9 heteroatoms. The topological polar surface area (TPSA) is 108 Å². The molecule has 0 saturated carbocycles. The van der Waals surface area contributed by atoms with E-state index in [2.05, 4.69) is 25.5 Å². The zero-order valence-electron chi connectivity index (χ0n) is 15.9. The van der Waals surface area contributed by atoms with Gasteiger partial charge in [0.25, 0.3) is 5.91 Å². The lowest BCUT2D eigenvalue weighted by Gasteiger charge is -2.09. The fourth-order valence-electron chi connectivity index (χ4n) is 2.86. The third-order valence-corrected chi connectivity index (χ3v) is 4.23. The molecule has 4 aromatic rings. The Morgan fingerprint density at radius 2 is 2.10 bits per heavy atom. The van der Waals surface area contributed by atoms with Gasteiger partial charge in [-0.3, -0.25) is 14.5 Å². The SMILES string of the molecule is COc1nn(C)cc1C(=O)Nc1ccccc1Cc1nc(-c2cccnc2)no1. The van der Waals surface area contributed by atoms with E-state index in [1.807, 2.05) is 36.4 Å². The second-order valence-electron chi connectivity index (χ2n) is 6.27.